The molecule has 0 radical (unpaired) electrons. The highest BCUT2D eigenvalue weighted by atomic mass is 79.9. The molecule has 1 fully saturated rings. The summed E-state index contributed by atoms with van der Waals surface area (Å²) >= 11 is 7.74. The van der Waals surface area contributed by atoms with Gasteiger partial charge < -0.3 is 5.32 Å². The third-order valence-corrected chi connectivity index (χ3v) is 5.36. The van der Waals surface area contributed by atoms with Crippen LogP contribution in [0.2, 0.25) is 0 Å². The highest BCUT2D eigenvalue weighted by molar-refractivity contribution is 9.10. The van der Waals surface area contributed by atoms with Gasteiger partial charge in [0.2, 0.25) is 0 Å². The van der Waals surface area contributed by atoms with Gasteiger partial charge in [-0.2, -0.15) is 0 Å². The molecule has 1 aliphatic heterocycles. The fourth-order valence-electron chi connectivity index (χ4n) is 2.15. The number of thioether (sulfide) groups is 1. The monoisotopic (exact) mass is 454 g/mol. The van der Waals surface area contributed by atoms with Gasteiger partial charge in [-0.15, -0.1) is 0 Å². The summed E-state index contributed by atoms with van der Waals surface area (Å²) in [5, 5.41) is 2.28. The highest BCUT2D eigenvalue weighted by Crippen LogP contribution is 2.30. The molecule has 2 aromatic rings. The van der Waals surface area contributed by atoms with Crippen LogP contribution in [-0.4, -0.2) is 21.4 Å². The quantitative estimate of drug-likeness (QED) is 0.716. The van der Waals surface area contributed by atoms with E-state index in [4.69, 9.17) is 0 Å². The van der Waals surface area contributed by atoms with Crippen molar-refractivity contribution in [2.24, 2.45) is 0 Å². The lowest BCUT2D eigenvalue weighted by Gasteiger charge is -2.15. The summed E-state index contributed by atoms with van der Waals surface area (Å²) in [6.07, 6.45) is 0. The number of carbonyl (C=O) groups excluding carboxylic acids is 2. The Morgan fingerprint density at radius 3 is 2.13 bits per heavy atom. The fraction of sp³-hybridized carbons (Fsp3) is 0.125. The van der Waals surface area contributed by atoms with E-state index in [0.29, 0.717) is 0 Å². The normalized spacial score (nSPS) is 17.7. The standard InChI is InChI=1S/C16H12Br2N2O2S/c17-11-3-1-10(2-4-11)9-20-15(21)14(23-16(20)22)19-13-7-5-12(18)6-8-13/h1-8,14,19H,9H2/t14-/m0/s1. The summed E-state index contributed by atoms with van der Waals surface area (Å²) in [5.74, 6) is -0.217. The lowest BCUT2D eigenvalue weighted by molar-refractivity contribution is -0.126. The molecule has 23 heavy (non-hydrogen) atoms. The number of carbonyl (C=O) groups is 2. The Balaban J connectivity index is 1.69. The minimum absolute atomic E-state index is 0.217. The summed E-state index contributed by atoms with van der Waals surface area (Å²) in [5.41, 5.74) is 1.72. The van der Waals surface area contributed by atoms with Crippen LogP contribution in [0, 0.1) is 0 Å². The molecule has 1 saturated heterocycles. The van der Waals surface area contributed by atoms with Crippen molar-refractivity contribution in [1.82, 2.24) is 4.90 Å². The Morgan fingerprint density at radius 1 is 0.957 bits per heavy atom. The van der Waals surface area contributed by atoms with Gasteiger partial charge >= 0.3 is 0 Å². The molecule has 1 heterocycles. The van der Waals surface area contributed by atoms with E-state index in [1.54, 1.807) is 0 Å². The van der Waals surface area contributed by atoms with Crippen molar-refractivity contribution in [3.8, 4) is 0 Å². The Kier molecular flexibility index (Phi) is 5.08. The molecular formula is C16H12Br2N2O2S. The molecule has 7 heteroatoms. The first-order valence-corrected chi connectivity index (χ1v) is 9.28. The Bertz CT molecular complexity index is 735. The van der Waals surface area contributed by atoms with Crippen molar-refractivity contribution in [2.45, 2.75) is 11.9 Å². The molecule has 0 unspecified atom stereocenters. The van der Waals surface area contributed by atoms with Crippen LogP contribution in [0.15, 0.2) is 57.5 Å². The summed E-state index contributed by atoms with van der Waals surface area (Å²) in [7, 11) is 0. The number of amides is 2. The zero-order valence-corrected chi connectivity index (χ0v) is 15.8. The van der Waals surface area contributed by atoms with Crippen LogP contribution in [0.25, 0.3) is 0 Å². The van der Waals surface area contributed by atoms with E-state index < -0.39 is 5.37 Å². The Labute approximate surface area is 154 Å². The number of nitrogens with one attached hydrogen (secondary N) is 1. The van der Waals surface area contributed by atoms with E-state index in [1.807, 2.05) is 48.5 Å². The molecule has 0 spiro atoms. The third-order valence-electron chi connectivity index (χ3n) is 3.33. The summed E-state index contributed by atoms with van der Waals surface area (Å²) in [4.78, 5) is 25.9. The van der Waals surface area contributed by atoms with Gasteiger partial charge in [-0.05, 0) is 53.7 Å². The smallest absolute Gasteiger partial charge is 0.291 e. The molecule has 118 valence electrons. The number of benzene rings is 2. The molecule has 1 aliphatic rings. The minimum Gasteiger partial charge on any atom is -0.365 e. The first kappa shape index (κ1) is 16.5. The van der Waals surface area contributed by atoms with Gasteiger partial charge in [0.25, 0.3) is 11.1 Å². The van der Waals surface area contributed by atoms with Gasteiger partial charge in [0.15, 0.2) is 5.37 Å². The molecule has 0 aromatic heterocycles. The van der Waals surface area contributed by atoms with Crippen LogP contribution in [0.3, 0.4) is 0 Å². The van der Waals surface area contributed by atoms with Crippen LogP contribution in [0.1, 0.15) is 5.56 Å². The van der Waals surface area contributed by atoms with Gasteiger partial charge in [0, 0.05) is 14.6 Å². The lowest BCUT2D eigenvalue weighted by atomic mass is 10.2. The molecule has 2 aromatic carbocycles. The van der Waals surface area contributed by atoms with Gasteiger partial charge in [0.1, 0.15) is 0 Å². The molecule has 0 aliphatic carbocycles. The van der Waals surface area contributed by atoms with Gasteiger partial charge in [-0.25, -0.2) is 0 Å². The largest absolute Gasteiger partial charge is 0.365 e. The van der Waals surface area contributed by atoms with E-state index in [0.717, 1.165) is 32.0 Å². The van der Waals surface area contributed by atoms with Crippen molar-refractivity contribution < 1.29 is 9.59 Å². The van der Waals surface area contributed by atoms with Crippen molar-refractivity contribution in [3.63, 3.8) is 0 Å². The zero-order valence-electron chi connectivity index (χ0n) is 11.8. The van der Waals surface area contributed by atoms with Crippen molar-refractivity contribution in [3.05, 3.63) is 63.0 Å². The third kappa shape index (κ3) is 3.97. The van der Waals surface area contributed by atoms with Crippen LogP contribution < -0.4 is 5.32 Å². The first-order valence-electron chi connectivity index (χ1n) is 6.81. The van der Waals surface area contributed by atoms with Crippen LogP contribution in [0.4, 0.5) is 10.5 Å². The van der Waals surface area contributed by atoms with Crippen molar-refractivity contribution in [2.75, 3.05) is 5.32 Å². The molecule has 1 atom stereocenters. The SMILES string of the molecule is O=C1S[C@H](Nc2ccc(Br)cc2)C(=O)N1Cc1ccc(Br)cc1. The van der Waals surface area contributed by atoms with Crippen LogP contribution >= 0.6 is 43.6 Å². The van der Waals surface area contributed by atoms with E-state index in [1.165, 1.54) is 4.90 Å². The highest BCUT2D eigenvalue weighted by Gasteiger charge is 2.39. The molecule has 2 amide bonds. The van der Waals surface area contributed by atoms with Crippen molar-refractivity contribution in [1.29, 1.82) is 0 Å². The van der Waals surface area contributed by atoms with Gasteiger partial charge in [-0.3, -0.25) is 14.5 Å². The second-order valence-electron chi connectivity index (χ2n) is 4.97. The molecule has 0 bridgehead atoms. The maximum atomic E-state index is 12.5. The number of hydrogen-bond donors (Lipinski definition) is 1. The van der Waals surface area contributed by atoms with Crippen LogP contribution in [0.5, 0.6) is 0 Å². The second-order valence-corrected chi connectivity index (χ2v) is 7.85. The average molecular weight is 456 g/mol. The fourth-order valence-corrected chi connectivity index (χ4v) is 3.59. The topological polar surface area (TPSA) is 49.4 Å². The summed E-state index contributed by atoms with van der Waals surface area (Å²) < 4.78 is 1.92. The Morgan fingerprint density at radius 2 is 1.52 bits per heavy atom. The van der Waals surface area contributed by atoms with E-state index in [-0.39, 0.29) is 17.7 Å². The Hall–Kier alpha value is -1.31. The first-order chi connectivity index (χ1) is 11.0. The van der Waals surface area contributed by atoms with E-state index >= 15 is 0 Å². The number of halogens is 2. The van der Waals surface area contributed by atoms with Gasteiger partial charge in [0.05, 0.1) is 6.54 Å². The molecule has 3 rings (SSSR count). The predicted molar refractivity (Wildman–Crippen MR) is 99.2 cm³/mol. The van der Waals surface area contributed by atoms with E-state index in [9.17, 15) is 9.59 Å². The number of anilines is 1. The van der Waals surface area contributed by atoms with Gasteiger partial charge in [-0.1, -0.05) is 44.0 Å². The molecular weight excluding hydrogens is 444 g/mol. The zero-order chi connectivity index (χ0) is 16.4. The lowest BCUT2D eigenvalue weighted by Crippen LogP contribution is -2.33. The molecule has 1 N–H and O–H groups in total. The maximum absolute atomic E-state index is 12.5. The average Bonchev–Trinajstić information content (AvgIpc) is 2.79. The van der Waals surface area contributed by atoms with Crippen molar-refractivity contribution >= 4 is 60.5 Å². The maximum Gasteiger partial charge on any atom is 0.291 e. The minimum atomic E-state index is -0.584. The summed E-state index contributed by atoms with van der Waals surface area (Å²) in [6, 6.07) is 15.1. The second kappa shape index (κ2) is 7.07. The number of hydrogen-bond acceptors (Lipinski definition) is 4. The number of rotatable bonds is 4. The molecule has 0 saturated carbocycles. The predicted octanol–water partition coefficient (Wildman–Crippen LogP) is 4.85. The van der Waals surface area contributed by atoms with E-state index in [2.05, 4.69) is 37.2 Å². The number of imide groups is 1. The summed E-state index contributed by atoms with van der Waals surface area (Å²) in [6.45, 7) is 0.288. The van der Waals surface area contributed by atoms with Crippen LogP contribution in [-0.2, 0) is 11.3 Å². The molecule has 4 nitrogen and oxygen atoms in total. The number of nitrogens with zero attached hydrogens (tertiary/aromatic N) is 1.